The number of halogens is 1. The first kappa shape index (κ1) is 7.49. The molecule has 0 aromatic carbocycles. The third-order valence-electron chi connectivity index (χ3n) is 1.59. The molecule has 0 bridgehead atoms. The topological polar surface area (TPSA) is 41.6 Å². The van der Waals surface area contributed by atoms with Crippen LogP contribution in [0.3, 0.4) is 0 Å². The fraction of sp³-hybridized carbons (Fsp3) is 0. The number of aromatic nitrogens is 3. The molecule has 0 aliphatic carbocycles. The van der Waals surface area contributed by atoms with E-state index in [1.54, 1.807) is 12.3 Å². The van der Waals surface area contributed by atoms with E-state index in [-0.39, 0.29) is 0 Å². The van der Waals surface area contributed by atoms with Gasteiger partial charge in [0.05, 0.1) is 5.52 Å². The summed E-state index contributed by atoms with van der Waals surface area (Å²) in [7, 11) is 0. The smallest absolute Gasteiger partial charge is 0.115 e. The van der Waals surface area contributed by atoms with Gasteiger partial charge in [-0.2, -0.15) is 5.10 Å². The lowest BCUT2D eigenvalue weighted by atomic mass is 10.3. The lowest BCUT2D eigenvalue weighted by Gasteiger charge is -1.89. The Labute approximate surface area is 77.6 Å². The molecule has 0 aliphatic rings. The molecule has 0 atom stereocenters. The van der Waals surface area contributed by atoms with Crippen LogP contribution >= 0.6 is 15.9 Å². The van der Waals surface area contributed by atoms with Gasteiger partial charge in [0, 0.05) is 10.7 Å². The molecule has 0 unspecified atom stereocenters. The fourth-order valence-electron chi connectivity index (χ4n) is 1.04. The molecule has 4 heteroatoms. The van der Waals surface area contributed by atoms with Gasteiger partial charge in [-0.05, 0) is 28.1 Å². The van der Waals surface area contributed by atoms with Crippen LogP contribution < -0.4 is 0 Å². The van der Waals surface area contributed by atoms with Crippen molar-refractivity contribution in [2.45, 2.75) is 0 Å². The maximum Gasteiger partial charge on any atom is 0.115 e. The van der Waals surface area contributed by atoms with E-state index >= 15 is 0 Å². The van der Waals surface area contributed by atoms with Crippen molar-refractivity contribution in [1.82, 2.24) is 15.2 Å². The predicted molar refractivity (Wildman–Crippen MR) is 51.7 cm³/mol. The Balaban J connectivity index is 2.81. The number of aromatic amines is 1. The second-order valence-corrected chi connectivity index (χ2v) is 3.28. The number of pyridine rings is 1. The van der Waals surface area contributed by atoms with Crippen molar-refractivity contribution < 1.29 is 0 Å². The SMILES string of the molecule is C=Cc1n[nH]c2cc(Br)cnc12. The molecule has 2 aromatic heterocycles. The average molecular weight is 224 g/mol. The first-order valence-corrected chi connectivity index (χ1v) is 4.22. The normalized spacial score (nSPS) is 10.4. The summed E-state index contributed by atoms with van der Waals surface area (Å²) in [6.45, 7) is 3.64. The highest BCUT2D eigenvalue weighted by molar-refractivity contribution is 9.10. The Morgan fingerprint density at radius 3 is 3.17 bits per heavy atom. The molecule has 0 amide bonds. The van der Waals surface area contributed by atoms with Crippen LogP contribution in [0, 0.1) is 0 Å². The number of nitrogens with one attached hydrogen (secondary N) is 1. The van der Waals surface area contributed by atoms with Crippen LogP contribution in [0.2, 0.25) is 0 Å². The van der Waals surface area contributed by atoms with E-state index in [9.17, 15) is 0 Å². The van der Waals surface area contributed by atoms with E-state index in [4.69, 9.17) is 0 Å². The van der Waals surface area contributed by atoms with E-state index in [0.717, 1.165) is 21.2 Å². The maximum absolute atomic E-state index is 4.20. The summed E-state index contributed by atoms with van der Waals surface area (Å²) in [6, 6.07) is 1.93. The lowest BCUT2D eigenvalue weighted by molar-refractivity contribution is 1.11. The number of hydrogen-bond donors (Lipinski definition) is 1. The van der Waals surface area contributed by atoms with Crippen LogP contribution in [0.5, 0.6) is 0 Å². The van der Waals surface area contributed by atoms with Crippen molar-refractivity contribution in [2.75, 3.05) is 0 Å². The molecule has 2 heterocycles. The Hall–Kier alpha value is -1.16. The van der Waals surface area contributed by atoms with Crippen LogP contribution in [0.25, 0.3) is 17.1 Å². The summed E-state index contributed by atoms with van der Waals surface area (Å²) >= 11 is 3.33. The molecular formula is C8H6BrN3. The summed E-state index contributed by atoms with van der Waals surface area (Å²) in [4.78, 5) is 4.20. The largest absolute Gasteiger partial charge is 0.276 e. The van der Waals surface area contributed by atoms with Crippen molar-refractivity contribution in [1.29, 1.82) is 0 Å². The number of nitrogens with zero attached hydrogens (tertiary/aromatic N) is 2. The van der Waals surface area contributed by atoms with E-state index in [1.807, 2.05) is 6.07 Å². The van der Waals surface area contributed by atoms with E-state index in [0.29, 0.717) is 0 Å². The molecule has 0 radical (unpaired) electrons. The van der Waals surface area contributed by atoms with Crippen molar-refractivity contribution >= 4 is 33.0 Å². The zero-order chi connectivity index (χ0) is 8.55. The first-order valence-electron chi connectivity index (χ1n) is 3.43. The number of H-pyrrole nitrogens is 1. The van der Waals surface area contributed by atoms with Gasteiger partial charge >= 0.3 is 0 Å². The standard InChI is InChI=1S/C8H6BrN3/c1-2-6-8-7(12-11-6)3-5(9)4-10-8/h2-4H,1H2,(H,11,12). The quantitative estimate of drug-likeness (QED) is 0.807. The third-order valence-corrected chi connectivity index (χ3v) is 2.02. The molecule has 0 aliphatic heterocycles. The Kier molecular flexibility index (Phi) is 1.69. The monoisotopic (exact) mass is 223 g/mol. The van der Waals surface area contributed by atoms with Crippen LogP contribution in [0.4, 0.5) is 0 Å². The Morgan fingerprint density at radius 2 is 2.42 bits per heavy atom. The minimum atomic E-state index is 0.789. The minimum absolute atomic E-state index is 0.789. The Bertz CT molecular complexity index is 433. The van der Waals surface area contributed by atoms with Crippen molar-refractivity contribution in [3.63, 3.8) is 0 Å². The second kappa shape index (κ2) is 2.71. The molecule has 3 nitrogen and oxygen atoms in total. The van der Waals surface area contributed by atoms with E-state index in [1.165, 1.54) is 0 Å². The maximum atomic E-state index is 4.20. The fourth-order valence-corrected chi connectivity index (χ4v) is 1.38. The van der Waals surface area contributed by atoms with Gasteiger partial charge in [0.1, 0.15) is 11.2 Å². The van der Waals surface area contributed by atoms with Gasteiger partial charge in [-0.1, -0.05) is 6.58 Å². The van der Waals surface area contributed by atoms with Crippen molar-refractivity contribution in [3.05, 3.63) is 29.0 Å². The predicted octanol–water partition coefficient (Wildman–Crippen LogP) is 2.36. The average Bonchev–Trinajstić information content (AvgIpc) is 2.46. The summed E-state index contributed by atoms with van der Waals surface area (Å²) in [5.41, 5.74) is 2.56. The molecule has 60 valence electrons. The first-order chi connectivity index (χ1) is 5.81. The highest BCUT2D eigenvalue weighted by Crippen LogP contribution is 2.17. The summed E-state index contributed by atoms with van der Waals surface area (Å²) < 4.78 is 0.939. The van der Waals surface area contributed by atoms with Gasteiger partial charge < -0.3 is 0 Å². The van der Waals surface area contributed by atoms with Gasteiger partial charge in [0.2, 0.25) is 0 Å². The van der Waals surface area contributed by atoms with Gasteiger partial charge in [0.25, 0.3) is 0 Å². The highest BCUT2D eigenvalue weighted by Gasteiger charge is 2.02. The summed E-state index contributed by atoms with van der Waals surface area (Å²) in [6.07, 6.45) is 3.42. The highest BCUT2D eigenvalue weighted by atomic mass is 79.9. The van der Waals surface area contributed by atoms with Crippen molar-refractivity contribution in [3.8, 4) is 0 Å². The molecule has 2 rings (SSSR count). The van der Waals surface area contributed by atoms with Crippen LogP contribution in [0.15, 0.2) is 23.3 Å². The minimum Gasteiger partial charge on any atom is -0.276 e. The lowest BCUT2D eigenvalue weighted by Crippen LogP contribution is -1.76. The summed E-state index contributed by atoms with van der Waals surface area (Å²) in [5.74, 6) is 0. The van der Waals surface area contributed by atoms with Gasteiger partial charge in [0.15, 0.2) is 0 Å². The zero-order valence-electron chi connectivity index (χ0n) is 6.21. The van der Waals surface area contributed by atoms with Crippen molar-refractivity contribution in [2.24, 2.45) is 0 Å². The molecular weight excluding hydrogens is 218 g/mol. The van der Waals surface area contributed by atoms with Gasteiger partial charge in [-0.3, -0.25) is 10.1 Å². The molecule has 0 spiro atoms. The van der Waals surface area contributed by atoms with Gasteiger partial charge in [-0.25, -0.2) is 0 Å². The molecule has 0 saturated carbocycles. The zero-order valence-corrected chi connectivity index (χ0v) is 7.80. The number of fused-ring (bicyclic) bond motifs is 1. The second-order valence-electron chi connectivity index (χ2n) is 2.36. The molecule has 2 aromatic rings. The number of rotatable bonds is 1. The molecule has 0 fully saturated rings. The molecule has 0 saturated heterocycles. The van der Waals surface area contributed by atoms with Crippen LogP contribution in [-0.2, 0) is 0 Å². The number of hydrogen-bond acceptors (Lipinski definition) is 2. The van der Waals surface area contributed by atoms with E-state index < -0.39 is 0 Å². The van der Waals surface area contributed by atoms with E-state index in [2.05, 4.69) is 37.7 Å². The third kappa shape index (κ3) is 1.04. The van der Waals surface area contributed by atoms with Gasteiger partial charge in [-0.15, -0.1) is 0 Å². The summed E-state index contributed by atoms with van der Waals surface area (Å²) in [5, 5.41) is 6.89. The van der Waals surface area contributed by atoms with Crippen LogP contribution in [-0.4, -0.2) is 15.2 Å². The molecule has 1 N–H and O–H groups in total. The Morgan fingerprint density at radius 1 is 1.58 bits per heavy atom. The van der Waals surface area contributed by atoms with Crippen LogP contribution in [0.1, 0.15) is 5.69 Å². The molecule has 12 heavy (non-hydrogen) atoms.